The van der Waals surface area contributed by atoms with E-state index in [1.165, 1.54) is 0 Å². The van der Waals surface area contributed by atoms with Gasteiger partial charge in [0, 0.05) is 23.8 Å². The van der Waals surface area contributed by atoms with Crippen LogP contribution in [0.25, 0.3) is 0 Å². The van der Waals surface area contributed by atoms with Crippen molar-refractivity contribution in [1.82, 2.24) is 9.97 Å². The highest BCUT2D eigenvalue weighted by Crippen LogP contribution is 2.26. The fourth-order valence-corrected chi connectivity index (χ4v) is 1.71. The normalized spacial score (nSPS) is 10.2. The fourth-order valence-electron chi connectivity index (χ4n) is 1.54. The third-order valence-electron chi connectivity index (χ3n) is 2.53. The Kier molecular flexibility index (Phi) is 3.53. The van der Waals surface area contributed by atoms with Crippen molar-refractivity contribution in [2.24, 2.45) is 0 Å². The SMILES string of the molecule is CNc1cc(Nc2cccc(Cl)c2C)nc(N)n1. The van der Waals surface area contributed by atoms with E-state index >= 15 is 0 Å². The van der Waals surface area contributed by atoms with Gasteiger partial charge in [0.15, 0.2) is 0 Å². The largest absolute Gasteiger partial charge is 0.373 e. The number of nitrogen functional groups attached to an aromatic ring is 1. The number of halogens is 1. The average Bonchev–Trinajstić information content (AvgIpc) is 2.34. The quantitative estimate of drug-likeness (QED) is 0.794. The lowest BCUT2D eigenvalue weighted by atomic mass is 10.2. The zero-order chi connectivity index (χ0) is 13.1. The van der Waals surface area contributed by atoms with Crippen LogP contribution in [0, 0.1) is 6.92 Å². The molecule has 0 aliphatic heterocycles. The molecular formula is C12H14ClN5. The molecule has 18 heavy (non-hydrogen) atoms. The number of nitrogens with one attached hydrogen (secondary N) is 2. The molecular weight excluding hydrogens is 250 g/mol. The van der Waals surface area contributed by atoms with Crippen molar-refractivity contribution in [1.29, 1.82) is 0 Å². The molecule has 0 saturated carbocycles. The summed E-state index contributed by atoms with van der Waals surface area (Å²) in [7, 11) is 1.77. The van der Waals surface area contributed by atoms with Gasteiger partial charge < -0.3 is 16.4 Å². The standard InChI is InChI=1S/C12H14ClN5/c1-7-8(13)4-3-5-9(7)16-11-6-10(15-2)17-12(14)18-11/h3-6H,1-2H3,(H4,14,15,16,17,18). The molecule has 94 valence electrons. The average molecular weight is 264 g/mol. The Morgan fingerprint density at radius 2 is 1.94 bits per heavy atom. The molecule has 1 aromatic heterocycles. The first kappa shape index (κ1) is 12.4. The van der Waals surface area contributed by atoms with Gasteiger partial charge in [-0.3, -0.25) is 0 Å². The molecule has 0 atom stereocenters. The molecule has 2 rings (SSSR count). The Morgan fingerprint density at radius 3 is 2.67 bits per heavy atom. The van der Waals surface area contributed by atoms with Gasteiger partial charge in [0.1, 0.15) is 11.6 Å². The molecule has 0 aliphatic rings. The summed E-state index contributed by atoms with van der Waals surface area (Å²) in [6.45, 7) is 1.94. The number of hydrogen-bond acceptors (Lipinski definition) is 5. The van der Waals surface area contributed by atoms with Gasteiger partial charge in [0.2, 0.25) is 5.95 Å². The zero-order valence-electron chi connectivity index (χ0n) is 10.2. The molecule has 1 heterocycles. The molecule has 4 N–H and O–H groups in total. The van der Waals surface area contributed by atoms with Crippen molar-refractivity contribution in [3.05, 3.63) is 34.9 Å². The summed E-state index contributed by atoms with van der Waals surface area (Å²) in [5.41, 5.74) is 7.48. The highest BCUT2D eigenvalue weighted by Gasteiger charge is 2.05. The monoisotopic (exact) mass is 263 g/mol. The van der Waals surface area contributed by atoms with Crippen LogP contribution >= 0.6 is 11.6 Å². The van der Waals surface area contributed by atoms with Gasteiger partial charge >= 0.3 is 0 Å². The van der Waals surface area contributed by atoms with Crippen molar-refractivity contribution in [2.75, 3.05) is 23.4 Å². The lowest BCUT2D eigenvalue weighted by Gasteiger charge is -2.11. The molecule has 0 fully saturated rings. The van der Waals surface area contributed by atoms with Gasteiger partial charge in [0.05, 0.1) is 0 Å². The van der Waals surface area contributed by atoms with Crippen LogP contribution in [0.3, 0.4) is 0 Å². The van der Waals surface area contributed by atoms with Gasteiger partial charge in [-0.05, 0) is 24.6 Å². The second kappa shape index (κ2) is 5.10. The first-order valence-corrected chi connectivity index (χ1v) is 5.82. The molecule has 0 amide bonds. The lowest BCUT2D eigenvalue weighted by molar-refractivity contribution is 1.17. The summed E-state index contributed by atoms with van der Waals surface area (Å²) in [5, 5.41) is 6.80. The van der Waals surface area contributed by atoms with Crippen LogP contribution in [-0.2, 0) is 0 Å². The summed E-state index contributed by atoms with van der Waals surface area (Å²) >= 11 is 6.06. The molecule has 0 bridgehead atoms. The van der Waals surface area contributed by atoms with Crippen molar-refractivity contribution >= 4 is 34.9 Å². The van der Waals surface area contributed by atoms with Crippen molar-refractivity contribution in [3.63, 3.8) is 0 Å². The van der Waals surface area contributed by atoms with E-state index in [1.54, 1.807) is 13.1 Å². The Morgan fingerprint density at radius 1 is 1.22 bits per heavy atom. The number of anilines is 4. The van der Waals surface area contributed by atoms with E-state index in [4.69, 9.17) is 17.3 Å². The summed E-state index contributed by atoms with van der Waals surface area (Å²) in [5.74, 6) is 1.49. The molecule has 1 aromatic carbocycles. The van der Waals surface area contributed by atoms with E-state index < -0.39 is 0 Å². The summed E-state index contributed by atoms with van der Waals surface area (Å²) in [6.07, 6.45) is 0. The Balaban J connectivity index is 2.34. The molecule has 0 saturated heterocycles. The van der Waals surface area contributed by atoms with Crippen molar-refractivity contribution < 1.29 is 0 Å². The lowest BCUT2D eigenvalue weighted by Crippen LogP contribution is -2.03. The minimum absolute atomic E-state index is 0.212. The summed E-state index contributed by atoms with van der Waals surface area (Å²) in [6, 6.07) is 7.42. The van der Waals surface area contributed by atoms with Crippen molar-refractivity contribution in [2.45, 2.75) is 6.92 Å². The number of rotatable bonds is 3. The highest BCUT2D eigenvalue weighted by atomic mass is 35.5. The predicted molar refractivity (Wildman–Crippen MR) is 75.5 cm³/mol. The van der Waals surface area contributed by atoms with E-state index in [2.05, 4.69) is 20.6 Å². The van der Waals surface area contributed by atoms with Gasteiger partial charge in [-0.15, -0.1) is 0 Å². The van der Waals surface area contributed by atoms with Gasteiger partial charge in [-0.25, -0.2) is 0 Å². The molecule has 6 heteroatoms. The van der Waals surface area contributed by atoms with Gasteiger partial charge in [-0.2, -0.15) is 9.97 Å². The first-order chi connectivity index (χ1) is 8.60. The number of nitrogens with two attached hydrogens (primary N) is 1. The van der Waals surface area contributed by atoms with Crippen LogP contribution in [0.5, 0.6) is 0 Å². The number of aromatic nitrogens is 2. The predicted octanol–water partition coefficient (Wildman–Crippen LogP) is 2.81. The minimum atomic E-state index is 0.212. The smallest absolute Gasteiger partial charge is 0.223 e. The van der Waals surface area contributed by atoms with Gasteiger partial charge in [0.25, 0.3) is 0 Å². The first-order valence-electron chi connectivity index (χ1n) is 5.44. The van der Waals surface area contributed by atoms with E-state index in [0.717, 1.165) is 11.3 Å². The van der Waals surface area contributed by atoms with E-state index in [0.29, 0.717) is 16.7 Å². The second-order valence-corrected chi connectivity index (χ2v) is 4.19. The Bertz CT molecular complexity index is 570. The highest BCUT2D eigenvalue weighted by molar-refractivity contribution is 6.31. The number of hydrogen-bond donors (Lipinski definition) is 3. The minimum Gasteiger partial charge on any atom is -0.373 e. The maximum Gasteiger partial charge on any atom is 0.223 e. The zero-order valence-corrected chi connectivity index (χ0v) is 10.9. The van der Waals surface area contributed by atoms with E-state index in [1.807, 2.05) is 25.1 Å². The van der Waals surface area contributed by atoms with Crippen LogP contribution < -0.4 is 16.4 Å². The second-order valence-electron chi connectivity index (χ2n) is 3.78. The fraction of sp³-hybridized carbons (Fsp3) is 0.167. The van der Waals surface area contributed by atoms with Crippen LogP contribution in [0.2, 0.25) is 5.02 Å². The summed E-state index contributed by atoms with van der Waals surface area (Å²) in [4.78, 5) is 8.14. The Labute approximate surface area is 110 Å². The summed E-state index contributed by atoms with van der Waals surface area (Å²) < 4.78 is 0. The number of nitrogens with zero attached hydrogens (tertiary/aromatic N) is 2. The maximum atomic E-state index is 6.06. The third kappa shape index (κ3) is 2.62. The molecule has 5 nitrogen and oxygen atoms in total. The van der Waals surface area contributed by atoms with Crippen LogP contribution in [0.1, 0.15) is 5.56 Å². The molecule has 0 aliphatic carbocycles. The molecule has 0 spiro atoms. The topological polar surface area (TPSA) is 75.9 Å². The third-order valence-corrected chi connectivity index (χ3v) is 2.94. The van der Waals surface area contributed by atoms with Crippen LogP contribution in [0.4, 0.5) is 23.3 Å². The Hall–Kier alpha value is -2.01. The van der Waals surface area contributed by atoms with E-state index in [9.17, 15) is 0 Å². The maximum absolute atomic E-state index is 6.06. The molecule has 0 unspecified atom stereocenters. The molecule has 2 aromatic rings. The number of benzene rings is 1. The van der Waals surface area contributed by atoms with Crippen LogP contribution in [-0.4, -0.2) is 17.0 Å². The van der Waals surface area contributed by atoms with E-state index in [-0.39, 0.29) is 5.95 Å². The molecule has 0 radical (unpaired) electrons. The van der Waals surface area contributed by atoms with Gasteiger partial charge in [-0.1, -0.05) is 17.7 Å². The van der Waals surface area contributed by atoms with Crippen molar-refractivity contribution in [3.8, 4) is 0 Å². The van der Waals surface area contributed by atoms with Crippen LogP contribution in [0.15, 0.2) is 24.3 Å².